The van der Waals surface area contributed by atoms with Gasteiger partial charge in [-0.1, -0.05) is 12.8 Å². The van der Waals surface area contributed by atoms with Crippen LogP contribution in [0.25, 0.3) is 11.2 Å². The third kappa shape index (κ3) is 1.93. The van der Waals surface area contributed by atoms with Gasteiger partial charge in [-0.05, 0) is 31.5 Å². The van der Waals surface area contributed by atoms with Gasteiger partial charge in [0, 0.05) is 13.2 Å². The molecule has 0 aromatic carbocycles. The molecule has 1 aliphatic rings. The number of nitrogens with one attached hydrogen (secondary N) is 1. The molecule has 90 valence electrons. The van der Waals surface area contributed by atoms with Crippen LogP contribution < -0.4 is 5.32 Å². The van der Waals surface area contributed by atoms with E-state index in [-0.39, 0.29) is 0 Å². The Labute approximate surface area is 101 Å². The van der Waals surface area contributed by atoms with Crippen molar-refractivity contribution in [3.8, 4) is 0 Å². The van der Waals surface area contributed by atoms with E-state index >= 15 is 0 Å². The van der Waals surface area contributed by atoms with Crippen LogP contribution in [0.2, 0.25) is 0 Å². The van der Waals surface area contributed by atoms with E-state index < -0.39 is 0 Å². The molecule has 0 spiro atoms. The Kier molecular flexibility index (Phi) is 2.81. The molecular weight excluding hydrogens is 212 g/mol. The maximum absolute atomic E-state index is 4.67. The first-order valence-corrected chi connectivity index (χ1v) is 6.37. The smallest absolute Gasteiger partial charge is 0.177 e. The van der Waals surface area contributed by atoms with E-state index in [0.29, 0.717) is 6.04 Å². The summed E-state index contributed by atoms with van der Waals surface area (Å²) in [5.74, 6) is 1.13. The summed E-state index contributed by atoms with van der Waals surface area (Å²) >= 11 is 0. The van der Waals surface area contributed by atoms with Gasteiger partial charge in [0.2, 0.25) is 0 Å². The first-order chi connectivity index (χ1) is 8.36. The maximum Gasteiger partial charge on any atom is 0.177 e. The lowest BCUT2D eigenvalue weighted by atomic mass is 10.1. The van der Waals surface area contributed by atoms with Crippen LogP contribution in [-0.2, 0) is 7.05 Å². The van der Waals surface area contributed by atoms with Crippen molar-refractivity contribution in [2.75, 3.05) is 6.54 Å². The number of nitrogens with zero attached hydrogens (tertiary/aromatic N) is 3. The number of pyridine rings is 1. The predicted octanol–water partition coefficient (Wildman–Crippen LogP) is 2.17. The molecule has 1 fully saturated rings. The molecule has 4 heteroatoms. The lowest BCUT2D eigenvalue weighted by molar-refractivity contribution is 0.496. The zero-order valence-electron chi connectivity index (χ0n) is 10.2. The quantitative estimate of drug-likeness (QED) is 0.816. The van der Waals surface area contributed by atoms with E-state index in [0.717, 1.165) is 23.5 Å². The molecule has 0 amide bonds. The fourth-order valence-corrected chi connectivity index (χ4v) is 2.60. The summed E-state index contributed by atoms with van der Waals surface area (Å²) in [6, 6.07) is 4.43. The van der Waals surface area contributed by atoms with Crippen LogP contribution in [0.4, 0.5) is 0 Å². The number of rotatable bonds is 1. The molecule has 1 unspecified atom stereocenters. The average molecular weight is 230 g/mol. The highest BCUT2D eigenvalue weighted by molar-refractivity contribution is 5.71. The normalized spacial score (nSPS) is 21.6. The fraction of sp³-hybridized carbons (Fsp3) is 0.538. The third-order valence-electron chi connectivity index (χ3n) is 3.56. The topological polar surface area (TPSA) is 42.7 Å². The summed E-state index contributed by atoms with van der Waals surface area (Å²) in [5.41, 5.74) is 1.98. The number of aromatic nitrogens is 3. The van der Waals surface area contributed by atoms with Crippen molar-refractivity contribution in [3.63, 3.8) is 0 Å². The zero-order valence-corrected chi connectivity index (χ0v) is 10.2. The molecule has 0 saturated carbocycles. The summed E-state index contributed by atoms with van der Waals surface area (Å²) in [6.45, 7) is 1.10. The van der Waals surface area contributed by atoms with Gasteiger partial charge in [-0.15, -0.1) is 0 Å². The van der Waals surface area contributed by atoms with Crippen LogP contribution in [0.5, 0.6) is 0 Å². The van der Waals surface area contributed by atoms with Gasteiger partial charge in [-0.3, -0.25) is 0 Å². The van der Waals surface area contributed by atoms with Gasteiger partial charge in [0.05, 0.1) is 11.6 Å². The third-order valence-corrected chi connectivity index (χ3v) is 3.56. The first-order valence-electron chi connectivity index (χ1n) is 6.37. The van der Waals surface area contributed by atoms with E-state index in [1.165, 1.54) is 25.7 Å². The molecule has 2 aromatic rings. The van der Waals surface area contributed by atoms with Crippen LogP contribution in [0, 0.1) is 0 Å². The van der Waals surface area contributed by atoms with E-state index in [4.69, 9.17) is 0 Å². The van der Waals surface area contributed by atoms with Gasteiger partial charge >= 0.3 is 0 Å². The summed E-state index contributed by atoms with van der Waals surface area (Å²) in [4.78, 5) is 8.99. The van der Waals surface area contributed by atoms with Gasteiger partial charge in [0.1, 0.15) is 5.82 Å². The van der Waals surface area contributed by atoms with Gasteiger partial charge in [0.15, 0.2) is 5.65 Å². The number of hydrogen-bond donors (Lipinski definition) is 1. The molecule has 17 heavy (non-hydrogen) atoms. The molecule has 3 rings (SSSR count). The van der Waals surface area contributed by atoms with Gasteiger partial charge < -0.3 is 9.88 Å². The van der Waals surface area contributed by atoms with E-state index in [1.807, 2.05) is 6.07 Å². The number of imidazole rings is 1. The lowest BCUT2D eigenvalue weighted by Gasteiger charge is -2.15. The average Bonchev–Trinajstić information content (AvgIpc) is 2.57. The highest BCUT2D eigenvalue weighted by Gasteiger charge is 2.19. The van der Waals surface area contributed by atoms with Crippen molar-refractivity contribution in [3.05, 3.63) is 24.2 Å². The second kappa shape index (κ2) is 4.45. The number of fused-ring (bicyclic) bond motifs is 1. The summed E-state index contributed by atoms with van der Waals surface area (Å²) in [7, 11) is 2.08. The Morgan fingerprint density at radius 1 is 1.35 bits per heavy atom. The van der Waals surface area contributed by atoms with Crippen LogP contribution in [0.3, 0.4) is 0 Å². The van der Waals surface area contributed by atoms with Crippen molar-refractivity contribution in [1.29, 1.82) is 0 Å². The maximum atomic E-state index is 4.67. The molecular formula is C13H18N4. The standard InChI is InChI=1S/C13H18N4/c1-17-11-7-5-9-15-12(11)16-13(17)10-6-3-2-4-8-14-10/h5,7,9-10,14H,2-4,6,8H2,1H3. The van der Waals surface area contributed by atoms with Gasteiger partial charge in [0.25, 0.3) is 0 Å². The minimum Gasteiger partial charge on any atom is -0.328 e. The second-order valence-electron chi connectivity index (χ2n) is 4.73. The molecule has 4 nitrogen and oxygen atoms in total. The van der Waals surface area contributed by atoms with Crippen LogP contribution in [-0.4, -0.2) is 21.1 Å². The van der Waals surface area contributed by atoms with E-state index in [2.05, 4.69) is 33.0 Å². The summed E-state index contributed by atoms with van der Waals surface area (Å²) in [5, 5.41) is 3.59. The molecule has 3 heterocycles. The molecule has 0 radical (unpaired) electrons. The van der Waals surface area contributed by atoms with Crippen molar-refractivity contribution >= 4 is 11.2 Å². The molecule has 1 atom stereocenters. The first kappa shape index (κ1) is 10.7. The minimum atomic E-state index is 0.386. The monoisotopic (exact) mass is 230 g/mol. The molecule has 1 aliphatic heterocycles. The Bertz CT molecular complexity index is 509. The van der Waals surface area contributed by atoms with Gasteiger partial charge in [-0.25, -0.2) is 9.97 Å². The summed E-state index contributed by atoms with van der Waals surface area (Å²) < 4.78 is 2.17. The number of aryl methyl sites for hydroxylation is 1. The predicted molar refractivity (Wildman–Crippen MR) is 67.7 cm³/mol. The van der Waals surface area contributed by atoms with Crippen LogP contribution in [0.15, 0.2) is 18.3 Å². The fourth-order valence-electron chi connectivity index (χ4n) is 2.60. The van der Waals surface area contributed by atoms with Crippen molar-refractivity contribution in [2.45, 2.75) is 31.7 Å². The zero-order chi connectivity index (χ0) is 11.7. The molecule has 0 bridgehead atoms. The molecule has 0 aliphatic carbocycles. The Morgan fingerprint density at radius 3 is 3.18 bits per heavy atom. The van der Waals surface area contributed by atoms with Crippen LogP contribution in [0.1, 0.15) is 37.5 Å². The molecule has 1 saturated heterocycles. The van der Waals surface area contributed by atoms with Crippen molar-refractivity contribution < 1.29 is 0 Å². The summed E-state index contributed by atoms with van der Waals surface area (Å²) in [6.07, 6.45) is 6.87. The SMILES string of the molecule is Cn1c(C2CCCCCN2)nc2ncccc21. The highest BCUT2D eigenvalue weighted by Crippen LogP contribution is 2.24. The van der Waals surface area contributed by atoms with E-state index in [1.54, 1.807) is 6.20 Å². The largest absolute Gasteiger partial charge is 0.328 e. The second-order valence-corrected chi connectivity index (χ2v) is 4.73. The Morgan fingerprint density at radius 2 is 2.29 bits per heavy atom. The Balaban J connectivity index is 2.01. The molecule has 1 N–H and O–H groups in total. The Hall–Kier alpha value is -1.42. The van der Waals surface area contributed by atoms with E-state index in [9.17, 15) is 0 Å². The minimum absolute atomic E-state index is 0.386. The highest BCUT2D eigenvalue weighted by atomic mass is 15.1. The van der Waals surface area contributed by atoms with Crippen molar-refractivity contribution in [1.82, 2.24) is 19.9 Å². The van der Waals surface area contributed by atoms with Crippen molar-refractivity contribution in [2.24, 2.45) is 7.05 Å². The number of hydrogen-bond acceptors (Lipinski definition) is 3. The van der Waals surface area contributed by atoms with Crippen LogP contribution >= 0.6 is 0 Å². The van der Waals surface area contributed by atoms with Gasteiger partial charge in [-0.2, -0.15) is 0 Å². The molecule has 2 aromatic heterocycles. The lowest BCUT2D eigenvalue weighted by Crippen LogP contribution is -2.23.